The molecule has 2 N–H and O–H groups in total. The summed E-state index contributed by atoms with van der Waals surface area (Å²) in [7, 11) is 0. The van der Waals surface area contributed by atoms with Gasteiger partial charge < -0.3 is 5.73 Å². The zero-order chi connectivity index (χ0) is 11.4. The van der Waals surface area contributed by atoms with Gasteiger partial charge in [-0.2, -0.15) is 0 Å². The van der Waals surface area contributed by atoms with E-state index in [2.05, 4.69) is 22.9 Å². The van der Waals surface area contributed by atoms with Gasteiger partial charge in [0.25, 0.3) is 0 Å². The third kappa shape index (κ3) is 2.35. The van der Waals surface area contributed by atoms with Crippen LogP contribution >= 0.6 is 0 Å². The topological polar surface area (TPSA) is 42.2 Å². The fraction of sp³-hybridized carbons (Fsp3) is 0.615. The Bertz CT molecular complexity index is 336. The van der Waals surface area contributed by atoms with Gasteiger partial charge in [-0.3, -0.25) is 4.90 Å². The van der Waals surface area contributed by atoms with Crippen LogP contribution in [0.15, 0.2) is 18.3 Å². The lowest BCUT2D eigenvalue weighted by atomic mass is 9.95. The molecule has 0 bridgehead atoms. The smallest absolute Gasteiger partial charge is 0.128 e. The van der Waals surface area contributed by atoms with E-state index in [9.17, 15) is 0 Å². The first kappa shape index (κ1) is 11.4. The van der Waals surface area contributed by atoms with Crippen molar-refractivity contribution in [3.05, 3.63) is 23.9 Å². The monoisotopic (exact) mass is 219 g/mol. The highest BCUT2D eigenvalue weighted by Gasteiger charge is 2.24. The number of pyridine rings is 1. The van der Waals surface area contributed by atoms with Crippen molar-refractivity contribution in [1.82, 2.24) is 9.88 Å². The van der Waals surface area contributed by atoms with E-state index < -0.39 is 0 Å². The van der Waals surface area contributed by atoms with E-state index in [4.69, 9.17) is 5.73 Å². The predicted octanol–water partition coefficient (Wildman–Crippen LogP) is 2.60. The molecule has 88 valence electrons. The van der Waals surface area contributed by atoms with Crippen LogP contribution in [0.2, 0.25) is 0 Å². The van der Waals surface area contributed by atoms with Gasteiger partial charge in [0.1, 0.15) is 5.82 Å². The summed E-state index contributed by atoms with van der Waals surface area (Å²) in [5, 5.41) is 0. The van der Waals surface area contributed by atoms with Crippen LogP contribution in [0.1, 0.15) is 44.2 Å². The van der Waals surface area contributed by atoms with E-state index in [-0.39, 0.29) is 0 Å². The normalized spacial score (nSPS) is 22.2. The van der Waals surface area contributed by atoms with E-state index in [0.29, 0.717) is 11.9 Å². The molecular formula is C13H21N3. The Morgan fingerprint density at radius 1 is 1.50 bits per heavy atom. The van der Waals surface area contributed by atoms with Crippen molar-refractivity contribution in [3.63, 3.8) is 0 Å². The molecule has 1 fully saturated rings. The van der Waals surface area contributed by atoms with Gasteiger partial charge in [0.2, 0.25) is 0 Å². The molecule has 1 saturated heterocycles. The molecule has 3 nitrogen and oxygen atoms in total. The summed E-state index contributed by atoms with van der Waals surface area (Å²) in [4.78, 5) is 6.75. The van der Waals surface area contributed by atoms with Gasteiger partial charge in [-0.15, -0.1) is 0 Å². The van der Waals surface area contributed by atoms with Gasteiger partial charge in [0.15, 0.2) is 0 Å². The van der Waals surface area contributed by atoms with Crippen molar-refractivity contribution in [2.24, 2.45) is 0 Å². The first-order chi connectivity index (χ1) is 7.83. The Morgan fingerprint density at radius 3 is 3.12 bits per heavy atom. The number of nitrogen functional groups attached to an aromatic ring is 1. The lowest BCUT2D eigenvalue weighted by Gasteiger charge is -2.36. The van der Waals surface area contributed by atoms with E-state index in [0.717, 1.165) is 0 Å². The molecule has 2 heterocycles. The molecule has 1 aromatic heterocycles. The van der Waals surface area contributed by atoms with Gasteiger partial charge in [-0.05, 0) is 38.4 Å². The number of rotatable bonds is 3. The number of nitrogens with two attached hydrogens (primary N) is 1. The molecule has 0 unspecified atom stereocenters. The average molecular weight is 219 g/mol. The fourth-order valence-electron chi connectivity index (χ4n) is 2.61. The predicted molar refractivity (Wildman–Crippen MR) is 67.1 cm³/mol. The molecule has 3 heteroatoms. The first-order valence-corrected chi connectivity index (χ1v) is 6.27. The largest absolute Gasteiger partial charge is 0.383 e. The number of anilines is 1. The summed E-state index contributed by atoms with van der Waals surface area (Å²) in [6, 6.07) is 4.60. The highest BCUT2D eigenvalue weighted by molar-refractivity contribution is 5.41. The maximum Gasteiger partial charge on any atom is 0.128 e. The van der Waals surface area contributed by atoms with Crippen LogP contribution in [-0.4, -0.2) is 23.0 Å². The summed E-state index contributed by atoms with van der Waals surface area (Å²) in [6.07, 6.45) is 6.81. The van der Waals surface area contributed by atoms with Gasteiger partial charge in [0, 0.05) is 17.8 Å². The van der Waals surface area contributed by atoms with E-state index in [1.165, 1.54) is 44.3 Å². The second-order valence-electron chi connectivity index (χ2n) is 4.53. The average Bonchev–Trinajstić information content (AvgIpc) is 2.31. The summed E-state index contributed by atoms with van der Waals surface area (Å²) >= 11 is 0. The van der Waals surface area contributed by atoms with Crippen LogP contribution in [0, 0.1) is 0 Å². The molecule has 1 atom stereocenters. The number of piperidine rings is 1. The van der Waals surface area contributed by atoms with E-state index >= 15 is 0 Å². The molecule has 0 aromatic carbocycles. The van der Waals surface area contributed by atoms with Gasteiger partial charge >= 0.3 is 0 Å². The van der Waals surface area contributed by atoms with Crippen molar-refractivity contribution < 1.29 is 0 Å². The third-order valence-corrected chi connectivity index (χ3v) is 3.35. The second kappa shape index (κ2) is 5.30. The van der Waals surface area contributed by atoms with Crippen LogP contribution in [0.4, 0.5) is 5.82 Å². The molecule has 0 radical (unpaired) electrons. The highest BCUT2D eigenvalue weighted by atomic mass is 15.2. The lowest BCUT2D eigenvalue weighted by molar-refractivity contribution is 0.149. The maximum atomic E-state index is 5.97. The molecule has 2 rings (SSSR count). The fourth-order valence-corrected chi connectivity index (χ4v) is 2.61. The molecule has 1 aliphatic rings. The van der Waals surface area contributed by atoms with Crippen molar-refractivity contribution in [2.45, 2.75) is 38.6 Å². The minimum Gasteiger partial charge on any atom is -0.383 e. The Hall–Kier alpha value is -1.09. The molecule has 1 aromatic rings. The Balaban J connectivity index is 2.19. The molecule has 0 amide bonds. The highest BCUT2D eigenvalue weighted by Crippen LogP contribution is 2.32. The van der Waals surface area contributed by atoms with Crippen LogP contribution in [-0.2, 0) is 0 Å². The van der Waals surface area contributed by atoms with Gasteiger partial charge in [-0.1, -0.05) is 19.4 Å². The van der Waals surface area contributed by atoms with Crippen molar-refractivity contribution in [1.29, 1.82) is 0 Å². The minimum atomic E-state index is 0.488. The van der Waals surface area contributed by atoms with Crippen molar-refractivity contribution >= 4 is 5.82 Å². The SMILES string of the molecule is CCCN1CCCC[C@H]1c1cccnc1N. The summed E-state index contributed by atoms with van der Waals surface area (Å²) in [5.41, 5.74) is 7.19. The van der Waals surface area contributed by atoms with Crippen molar-refractivity contribution in [3.8, 4) is 0 Å². The third-order valence-electron chi connectivity index (χ3n) is 3.35. The summed E-state index contributed by atoms with van der Waals surface area (Å²) in [6.45, 7) is 4.60. The summed E-state index contributed by atoms with van der Waals surface area (Å²) < 4.78 is 0. The van der Waals surface area contributed by atoms with Crippen LogP contribution in [0.5, 0.6) is 0 Å². The number of nitrogens with zero attached hydrogens (tertiary/aromatic N) is 2. The first-order valence-electron chi connectivity index (χ1n) is 6.27. The number of hydrogen-bond acceptors (Lipinski definition) is 3. The quantitative estimate of drug-likeness (QED) is 0.849. The lowest BCUT2D eigenvalue weighted by Crippen LogP contribution is -2.34. The van der Waals surface area contributed by atoms with Crippen molar-refractivity contribution in [2.75, 3.05) is 18.8 Å². The molecule has 0 saturated carbocycles. The van der Waals surface area contributed by atoms with E-state index in [1.54, 1.807) is 6.20 Å². The Morgan fingerprint density at radius 2 is 2.38 bits per heavy atom. The Labute approximate surface area is 97.7 Å². The second-order valence-corrected chi connectivity index (χ2v) is 4.53. The Kier molecular flexibility index (Phi) is 3.78. The zero-order valence-electron chi connectivity index (χ0n) is 10.0. The number of aromatic nitrogens is 1. The molecular weight excluding hydrogens is 198 g/mol. The van der Waals surface area contributed by atoms with Crippen LogP contribution < -0.4 is 5.73 Å². The van der Waals surface area contributed by atoms with Gasteiger partial charge in [-0.25, -0.2) is 4.98 Å². The van der Waals surface area contributed by atoms with Gasteiger partial charge in [0.05, 0.1) is 0 Å². The molecule has 16 heavy (non-hydrogen) atoms. The molecule has 1 aliphatic heterocycles. The number of likely N-dealkylation sites (tertiary alicyclic amines) is 1. The minimum absolute atomic E-state index is 0.488. The maximum absolute atomic E-state index is 5.97. The molecule has 0 aliphatic carbocycles. The van der Waals surface area contributed by atoms with Crippen LogP contribution in [0.3, 0.4) is 0 Å². The zero-order valence-corrected chi connectivity index (χ0v) is 10.0. The van der Waals surface area contributed by atoms with E-state index in [1.807, 2.05) is 6.07 Å². The number of hydrogen-bond donors (Lipinski definition) is 1. The van der Waals surface area contributed by atoms with Crippen LogP contribution in [0.25, 0.3) is 0 Å². The molecule has 0 spiro atoms. The summed E-state index contributed by atoms with van der Waals surface area (Å²) in [5.74, 6) is 0.704. The standard InChI is InChI=1S/C13H21N3/c1-2-9-16-10-4-3-7-12(16)11-6-5-8-15-13(11)14/h5-6,8,12H,2-4,7,9-10H2,1H3,(H2,14,15)/t12-/m0/s1.